The minimum absolute atomic E-state index is 0.0433. The fourth-order valence-electron chi connectivity index (χ4n) is 2.31. The summed E-state index contributed by atoms with van der Waals surface area (Å²) in [4.78, 5) is 23.3. The molecule has 0 fully saturated rings. The largest absolute Gasteiger partial charge is 0.471 e. The molecule has 7 heteroatoms. The number of alkyl halides is 3. The number of fused-ring (bicyclic) bond motifs is 1. The van der Waals surface area contributed by atoms with Gasteiger partial charge < -0.3 is 9.64 Å². The zero-order valence-corrected chi connectivity index (χ0v) is 11.4. The van der Waals surface area contributed by atoms with Gasteiger partial charge in [0.05, 0.1) is 13.5 Å². The number of benzene rings is 1. The first kappa shape index (κ1) is 15.3. The lowest BCUT2D eigenvalue weighted by Gasteiger charge is -2.29. The molecule has 1 aliphatic heterocycles. The van der Waals surface area contributed by atoms with Gasteiger partial charge >= 0.3 is 18.1 Å². The number of methoxy groups -OCH3 is 1. The van der Waals surface area contributed by atoms with Crippen LogP contribution in [0.1, 0.15) is 16.7 Å². The van der Waals surface area contributed by atoms with Crippen LogP contribution < -0.4 is 0 Å². The number of carbonyl (C=O) groups is 2. The number of hydrogen-bond acceptors (Lipinski definition) is 3. The van der Waals surface area contributed by atoms with E-state index in [-0.39, 0.29) is 19.5 Å². The van der Waals surface area contributed by atoms with Crippen LogP contribution in [0.15, 0.2) is 18.2 Å². The summed E-state index contributed by atoms with van der Waals surface area (Å²) in [6.07, 6.45) is -4.44. The van der Waals surface area contributed by atoms with Crippen LogP contribution in [0.5, 0.6) is 0 Å². The number of esters is 1. The number of rotatable bonds is 2. The van der Waals surface area contributed by atoms with Crippen molar-refractivity contribution in [2.45, 2.75) is 25.6 Å². The molecule has 0 saturated carbocycles. The molecular formula is C14H14F3NO3. The monoisotopic (exact) mass is 301 g/mol. The van der Waals surface area contributed by atoms with Crippen LogP contribution in [0.25, 0.3) is 0 Å². The van der Waals surface area contributed by atoms with E-state index < -0.39 is 18.1 Å². The second-order valence-corrected chi connectivity index (χ2v) is 4.83. The second-order valence-electron chi connectivity index (χ2n) is 4.83. The Balaban J connectivity index is 2.17. The minimum atomic E-state index is -4.86. The summed E-state index contributed by atoms with van der Waals surface area (Å²) in [6, 6.07) is 5.18. The van der Waals surface area contributed by atoms with Crippen LogP contribution >= 0.6 is 0 Å². The van der Waals surface area contributed by atoms with Crippen molar-refractivity contribution >= 4 is 11.9 Å². The van der Waals surface area contributed by atoms with Crippen molar-refractivity contribution in [3.8, 4) is 0 Å². The van der Waals surface area contributed by atoms with Gasteiger partial charge in [-0.2, -0.15) is 13.2 Å². The number of ether oxygens (including phenoxy) is 1. The zero-order valence-electron chi connectivity index (χ0n) is 11.4. The van der Waals surface area contributed by atoms with Crippen molar-refractivity contribution in [2.75, 3.05) is 13.7 Å². The molecule has 4 nitrogen and oxygen atoms in total. The van der Waals surface area contributed by atoms with Crippen LogP contribution in [0.3, 0.4) is 0 Å². The summed E-state index contributed by atoms with van der Waals surface area (Å²) in [5, 5.41) is 0. The lowest BCUT2D eigenvalue weighted by Crippen LogP contribution is -2.43. The summed E-state index contributed by atoms with van der Waals surface area (Å²) < 4.78 is 41.9. The second kappa shape index (κ2) is 5.75. The summed E-state index contributed by atoms with van der Waals surface area (Å²) >= 11 is 0. The Morgan fingerprint density at radius 2 is 2.00 bits per heavy atom. The van der Waals surface area contributed by atoms with Crippen molar-refractivity contribution in [3.05, 3.63) is 34.9 Å². The maximum atomic E-state index is 12.5. The van der Waals surface area contributed by atoms with E-state index in [1.807, 2.05) is 0 Å². The Bertz CT molecular complexity index is 569. The van der Waals surface area contributed by atoms with Gasteiger partial charge in [-0.05, 0) is 23.1 Å². The highest BCUT2D eigenvalue weighted by molar-refractivity contribution is 5.82. The molecule has 0 unspecified atom stereocenters. The van der Waals surface area contributed by atoms with Gasteiger partial charge in [-0.1, -0.05) is 18.2 Å². The van der Waals surface area contributed by atoms with Crippen LogP contribution in [-0.4, -0.2) is 36.6 Å². The fourth-order valence-corrected chi connectivity index (χ4v) is 2.31. The lowest BCUT2D eigenvalue weighted by molar-refractivity contribution is -0.186. The first-order chi connectivity index (χ1) is 9.81. The molecule has 1 aromatic rings. The molecule has 0 radical (unpaired) electrons. The van der Waals surface area contributed by atoms with Crippen LogP contribution in [-0.2, 0) is 33.7 Å². The molecule has 1 amide bonds. The SMILES string of the molecule is COC(=O)Cc1ccc2c(c1)CN(C(=O)C(F)(F)F)CC2. The molecule has 0 bridgehead atoms. The van der Waals surface area contributed by atoms with Gasteiger partial charge in [0.1, 0.15) is 0 Å². The predicted octanol–water partition coefficient (Wildman–Crippen LogP) is 1.85. The molecule has 0 N–H and O–H groups in total. The number of hydrogen-bond donors (Lipinski definition) is 0. The summed E-state index contributed by atoms with van der Waals surface area (Å²) in [7, 11) is 1.27. The molecule has 0 saturated heterocycles. The van der Waals surface area contributed by atoms with Crippen LogP contribution in [0.4, 0.5) is 13.2 Å². The van der Waals surface area contributed by atoms with Crippen molar-refractivity contribution in [1.29, 1.82) is 0 Å². The highest BCUT2D eigenvalue weighted by Crippen LogP contribution is 2.25. The molecule has 1 aromatic carbocycles. The number of carbonyl (C=O) groups excluding carboxylic acids is 2. The Kier molecular flexibility index (Phi) is 4.20. The van der Waals surface area contributed by atoms with E-state index in [1.54, 1.807) is 18.2 Å². The van der Waals surface area contributed by atoms with Gasteiger partial charge in [-0.15, -0.1) is 0 Å². The van der Waals surface area contributed by atoms with E-state index in [2.05, 4.69) is 4.74 Å². The Hall–Kier alpha value is -2.05. The highest BCUT2D eigenvalue weighted by Gasteiger charge is 2.43. The normalized spacial score (nSPS) is 14.6. The van der Waals surface area contributed by atoms with Gasteiger partial charge in [0.15, 0.2) is 0 Å². The van der Waals surface area contributed by atoms with Crippen molar-refractivity contribution in [1.82, 2.24) is 4.90 Å². The first-order valence-electron chi connectivity index (χ1n) is 6.35. The van der Waals surface area contributed by atoms with Gasteiger partial charge in [0.25, 0.3) is 0 Å². The third kappa shape index (κ3) is 3.53. The maximum Gasteiger partial charge on any atom is 0.471 e. The Labute approximate surface area is 119 Å². The third-order valence-corrected chi connectivity index (χ3v) is 3.39. The van der Waals surface area contributed by atoms with Gasteiger partial charge in [-0.3, -0.25) is 9.59 Å². The zero-order chi connectivity index (χ0) is 15.6. The number of halogens is 3. The predicted molar refractivity (Wildman–Crippen MR) is 67.3 cm³/mol. The van der Waals surface area contributed by atoms with E-state index >= 15 is 0 Å². The number of nitrogens with zero attached hydrogens (tertiary/aromatic N) is 1. The summed E-state index contributed by atoms with van der Waals surface area (Å²) in [5.41, 5.74) is 2.19. The minimum Gasteiger partial charge on any atom is -0.469 e. The van der Waals surface area contributed by atoms with Crippen molar-refractivity contribution in [3.63, 3.8) is 0 Å². The average molecular weight is 301 g/mol. The lowest BCUT2D eigenvalue weighted by atomic mass is 9.96. The standard InChI is InChI=1S/C14H14F3NO3/c1-21-12(19)7-9-2-3-10-4-5-18(8-11(10)6-9)13(20)14(15,16)17/h2-3,6H,4-5,7-8H2,1H3. The molecular weight excluding hydrogens is 287 g/mol. The van der Waals surface area contributed by atoms with E-state index in [0.29, 0.717) is 17.5 Å². The van der Waals surface area contributed by atoms with Gasteiger partial charge in [0, 0.05) is 13.1 Å². The summed E-state index contributed by atoms with van der Waals surface area (Å²) in [6.45, 7) is -0.0512. The van der Waals surface area contributed by atoms with E-state index in [0.717, 1.165) is 10.5 Å². The van der Waals surface area contributed by atoms with Gasteiger partial charge in [0.2, 0.25) is 0 Å². The van der Waals surface area contributed by atoms with Crippen molar-refractivity contribution in [2.24, 2.45) is 0 Å². The van der Waals surface area contributed by atoms with Crippen LogP contribution in [0.2, 0.25) is 0 Å². The Morgan fingerprint density at radius 3 is 2.62 bits per heavy atom. The average Bonchev–Trinajstić information content (AvgIpc) is 2.44. The van der Waals surface area contributed by atoms with E-state index in [9.17, 15) is 22.8 Å². The third-order valence-electron chi connectivity index (χ3n) is 3.39. The van der Waals surface area contributed by atoms with Crippen molar-refractivity contribution < 1.29 is 27.5 Å². The first-order valence-corrected chi connectivity index (χ1v) is 6.35. The molecule has 0 spiro atoms. The molecule has 0 aromatic heterocycles. The smallest absolute Gasteiger partial charge is 0.469 e. The molecule has 1 heterocycles. The molecule has 1 aliphatic rings. The maximum absolute atomic E-state index is 12.5. The van der Waals surface area contributed by atoms with Crippen LogP contribution in [0, 0.1) is 0 Å². The molecule has 0 atom stereocenters. The van der Waals surface area contributed by atoms with Gasteiger partial charge in [-0.25, -0.2) is 0 Å². The molecule has 0 aliphatic carbocycles. The molecule has 114 valence electrons. The van der Waals surface area contributed by atoms with E-state index in [1.165, 1.54) is 7.11 Å². The highest BCUT2D eigenvalue weighted by atomic mass is 19.4. The Morgan fingerprint density at radius 1 is 1.29 bits per heavy atom. The topological polar surface area (TPSA) is 46.6 Å². The fraction of sp³-hybridized carbons (Fsp3) is 0.429. The molecule has 21 heavy (non-hydrogen) atoms. The van der Waals surface area contributed by atoms with E-state index in [4.69, 9.17) is 0 Å². The quantitative estimate of drug-likeness (QED) is 0.783. The number of amides is 1. The summed E-state index contributed by atoms with van der Waals surface area (Å²) in [5.74, 6) is -2.25. The molecule has 2 rings (SSSR count).